The normalized spacial score (nSPS) is 24.6. The van der Waals surface area contributed by atoms with Crippen LogP contribution in [0.5, 0.6) is 0 Å². The van der Waals surface area contributed by atoms with E-state index in [0.29, 0.717) is 12.3 Å². The summed E-state index contributed by atoms with van der Waals surface area (Å²) in [7, 11) is 0. The Labute approximate surface area is 99.4 Å². The quantitative estimate of drug-likeness (QED) is 0.848. The number of halogens is 1. The van der Waals surface area contributed by atoms with Gasteiger partial charge in [0.15, 0.2) is 0 Å². The zero-order chi connectivity index (χ0) is 11.5. The van der Waals surface area contributed by atoms with Gasteiger partial charge in [0.25, 0.3) is 0 Å². The summed E-state index contributed by atoms with van der Waals surface area (Å²) in [5.74, 6) is -0.367. The third-order valence-electron chi connectivity index (χ3n) is 2.93. The molecule has 0 aromatic heterocycles. The third-order valence-corrected chi connectivity index (χ3v) is 3.17. The van der Waals surface area contributed by atoms with E-state index in [9.17, 15) is 4.79 Å². The Bertz CT molecular complexity index is 394. The van der Waals surface area contributed by atoms with Crippen LogP contribution in [0, 0.1) is 5.92 Å². The summed E-state index contributed by atoms with van der Waals surface area (Å²) in [6, 6.07) is 7.35. The third kappa shape index (κ3) is 2.74. The number of carboxylic acid groups (broad SMARTS) is 1. The van der Waals surface area contributed by atoms with Crippen LogP contribution in [0.1, 0.15) is 12.0 Å². The van der Waals surface area contributed by atoms with Crippen molar-refractivity contribution >= 4 is 17.6 Å². The number of benzene rings is 1. The van der Waals surface area contributed by atoms with Gasteiger partial charge in [0, 0.05) is 5.02 Å². The molecule has 0 saturated carbocycles. The van der Waals surface area contributed by atoms with E-state index in [1.807, 2.05) is 24.3 Å². The monoisotopic (exact) mass is 239 g/mol. The Morgan fingerprint density at radius 2 is 2.38 bits per heavy atom. The lowest BCUT2D eigenvalue weighted by Gasteiger charge is -2.08. The van der Waals surface area contributed by atoms with Crippen molar-refractivity contribution in [3.63, 3.8) is 0 Å². The molecule has 1 aliphatic heterocycles. The van der Waals surface area contributed by atoms with E-state index in [0.717, 1.165) is 18.0 Å². The second-order valence-corrected chi connectivity index (χ2v) is 4.67. The summed E-state index contributed by atoms with van der Waals surface area (Å²) in [4.78, 5) is 10.8. The van der Waals surface area contributed by atoms with Crippen molar-refractivity contribution in [3.8, 4) is 0 Å². The minimum Gasteiger partial charge on any atom is -0.480 e. The topological polar surface area (TPSA) is 49.3 Å². The molecule has 1 aromatic rings. The first-order chi connectivity index (χ1) is 7.65. The van der Waals surface area contributed by atoms with Gasteiger partial charge < -0.3 is 10.4 Å². The van der Waals surface area contributed by atoms with Gasteiger partial charge in [-0.25, -0.2) is 0 Å². The average Bonchev–Trinajstić information content (AvgIpc) is 2.66. The first-order valence-electron chi connectivity index (χ1n) is 5.36. The average molecular weight is 240 g/mol. The van der Waals surface area contributed by atoms with E-state index >= 15 is 0 Å². The molecule has 0 spiro atoms. The second kappa shape index (κ2) is 4.85. The molecular weight excluding hydrogens is 226 g/mol. The van der Waals surface area contributed by atoms with Crippen LogP contribution in [-0.4, -0.2) is 23.7 Å². The maximum atomic E-state index is 10.8. The van der Waals surface area contributed by atoms with Crippen LogP contribution in [0.15, 0.2) is 24.3 Å². The van der Waals surface area contributed by atoms with Gasteiger partial charge in [-0.05, 0) is 43.0 Å². The van der Waals surface area contributed by atoms with Crippen LogP contribution < -0.4 is 5.32 Å². The Morgan fingerprint density at radius 1 is 1.56 bits per heavy atom. The lowest BCUT2D eigenvalue weighted by Crippen LogP contribution is -2.29. The van der Waals surface area contributed by atoms with Crippen molar-refractivity contribution in [2.75, 3.05) is 6.54 Å². The van der Waals surface area contributed by atoms with Gasteiger partial charge in [-0.2, -0.15) is 0 Å². The van der Waals surface area contributed by atoms with E-state index in [1.165, 1.54) is 5.56 Å². The molecule has 0 bridgehead atoms. The van der Waals surface area contributed by atoms with Crippen LogP contribution in [0.2, 0.25) is 5.02 Å². The Morgan fingerprint density at radius 3 is 3.00 bits per heavy atom. The molecule has 1 unspecified atom stereocenters. The SMILES string of the molecule is O=C(O)[C@@H]1CC(Cc2cccc(Cl)c2)CN1. The molecule has 1 aliphatic rings. The predicted octanol–water partition coefficient (Wildman–Crippen LogP) is 1.95. The molecule has 0 amide bonds. The van der Waals surface area contributed by atoms with Crippen molar-refractivity contribution in [3.05, 3.63) is 34.9 Å². The standard InChI is InChI=1S/C12H14ClNO2/c13-10-3-1-2-8(5-10)4-9-6-11(12(15)16)14-7-9/h1-3,5,9,11,14H,4,6-7H2,(H,15,16)/t9?,11-/m0/s1. The second-order valence-electron chi connectivity index (χ2n) is 4.23. The molecule has 0 aliphatic carbocycles. The number of nitrogens with one attached hydrogen (secondary N) is 1. The van der Waals surface area contributed by atoms with Crippen molar-refractivity contribution in [1.82, 2.24) is 5.32 Å². The molecule has 1 heterocycles. The summed E-state index contributed by atoms with van der Waals surface area (Å²) in [6.45, 7) is 0.767. The van der Waals surface area contributed by atoms with Gasteiger partial charge in [0.1, 0.15) is 6.04 Å². The summed E-state index contributed by atoms with van der Waals surface area (Å²) < 4.78 is 0. The smallest absolute Gasteiger partial charge is 0.320 e. The summed E-state index contributed by atoms with van der Waals surface area (Å²) in [5.41, 5.74) is 1.17. The number of rotatable bonds is 3. The van der Waals surface area contributed by atoms with E-state index in [4.69, 9.17) is 16.7 Å². The van der Waals surface area contributed by atoms with Crippen molar-refractivity contribution < 1.29 is 9.90 Å². The van der Waals surface area contributed by atoms with Crippen LogP contribution in [0.25, 0.3) is 0 Å². The van der Waals surface area contributed by atoms with Gasteiger partial charge in [0.05, 0.1) is 0 Å². The summed E-state index contributed by atoms with van der Waals surface area (Å²) in [5, 5.41) is 12.6. The molecule has 4 heteroatoms. The maximum absolute atomic E-state index is 10.8. The first kappa shape index (κ1) is 11.4. The molecule has 3 nitrogen and oxygen atoms in total. The van der Waals surface area contributed by atoms with Crippen molar-refractivity contribution in [1.29, 1.82) is 0 Å². The maximum Gasteiger partial charge on any atom is 0.320 e. The molecule has 2 N–H and O–H groups in total. The van der Waals surface area contributed by atoms with Crippen LogP contribution in [-0.2, 0) is 11.2 Å². The van der Waals surface area contributed by atoms with Crippen LogP contribution in [0.3, 0.4) is 0 Å². The van der Waals surface area contributed by atoms with E-state index in [1.54, 1.807) is 0 Å². The van der Waals surface area contributed by atoms with Crippen LogP contribution in [0.4, 0.5) is 0 Å². The minimum atomic E-state index is -0.756. The molecular formula is C12H14ClNO2. The molecule has 2 rings (SSSR count). The highest BCUT2D eigenvalue weighted by molar-refractivity contribution is 6.30. The Hall–Kier alpha value is -1.06. The number of carboxylic acids is 1. The van der Waals surface area contributed by atoms with Crippen LogP contribution >= 0.6 is 11.6 Å². The van der Waals surface area contributed by atoms with Crippen molar-refractivity contribution in [2.24, 2.45) is 5.92 Å². The van der Waals surface area contributed by atoms with E-state index in [-0.39, 0.29) is 6.04 Å². The highest BCUT2D eigenvalue weighted by Crippen LogP contribution is 2.21. The largest absolute Gasteiger partial charge is 0.480 e. The fraction of sp³-hybridized carbons (Fsp3) is 0.417. The van der Waals surface area contributed by atoms with Gasteiger partial charge in [-0.1, -0.05) is 23.7 Å². The predicted molar refractivity (Wildman–Crippen MR) is 62.7 cm³/mol. The fourth-order valence-electron chi connectivity index (χ4n) is 2.15. The van der Waals surface area contributed by atoms with Gasteiger partial charge >= 0.3 is 5.97 Å². The van der Waals surface area contributed by atoms with E-state index < -0.39 is 5.97 Å². The first-order valence-corrected chi connectivity index (χ1v) is 5.73. The number of hydrogen-bond donors (Lipinski definition) is 2. The fourth-order valence-corrected chi connectivity index (χ4v) is 2.36. The van der Waals surface area contributed by atoms with Gasteiger partial charge in [-0.3, -0.25) is 4.79 Å². The highest BCUT2D eigenvalue weighted by Gasteiger charge is 2.28. The van der Waals surface area contributed by atoms with Crippen molar-refractivity contribution in [2.45, 2.75) is 18.9 Å². The Kier molecular flexibility index (Phi) is 3.46. The molecule has 1 aromatic carbocycles. The van der Waals surface area contributed by atoms with Gasteiger partial charge in [-0.15, -0.1) is 0 Å². The lowest BCUT2D eigenvalue weighted by molar-refractivity contribution is -0.139. The molecule has 2 atom stereocenters. The molecule has 1 saturated heterocycles. The Balaban J connectivity index is 1.94. The number of aliphatic carboxylic acids is 1. The minimum absolute atomic E-state index is 0.385. The molecule has 0 radical (unpaired) electrons. The highest BCUT2D eigenvalue weighted by atomic mass is 35.5. The summed E-state index contributed by atoms with van der Waals surface area (Å²) >= 11 is 5.90. The summed E-state index contributed by atoms with van der Waals surface area (Å²) in [6.07, 6.45) is 1.58. The zero-order valence-electron chi connectivity index (χ0n) is 8.82. The number of carbonyl (C=O) groups is 1. The van der Waals surface area contributed by atoms with E-state index in [2.05, 4.69) is 5.32 Å². The number of hydrogen-bond acceptors (Lipinski definition) is 2. The zero-order valence-corrected chi connectivity index (χ0v) is 9.57. The van der Waals surface area contributed by atoms with Gasteiger partial charge in [0.2, 0.25) is 0 Å². The lowest BCUT2D eigenvalue weighted by atomic mass is 9.97. The molecule has 16 heavy (non-hydrogen) atoms. The molecule has 1 fully saturated rings. The molecule has 86 valence electrons.